The van der Waals surface area contributed by atoms with E-state index in [2.05, 4.69) is 20.3 Å². The lowest BCUT2D eigenvalue weighted by molar-refractivity contribution is -0.0906. The molecule has 14 nitrogen and oxygen atoms in total. The highest BCUT2D eigenvalue weighted by Gasteiger charge is 2.37. The number of aromatic nitrogens is 1. The van der Waals surface area contributed by atoms with Crippen molar-refractivity contribution >= 4 is 27.7 Å². The summed E-state index contributed by atoms with van der Waals surface area (Å²) in [5, 5.41) is 56.0. The van der Waals surface area contributed by atoms with Gasteiger partial charge in [0.15, 0.2) is 0 Å². The predicted octanol–water partition coefficient (Wildman–Crippen LogP) is 2.52. The number of urea groups is 1. The minimum Gasteiger partial charge on any atom is -0.490 e. The van der Waals surface area contributed by atoms with E-state index in [0.717, 1.165) is 35.3 Å². The van der Waals surface area contributed by atoms with Crippen molar-refractivity contribution in [3.05, 3.63) is 78.6 Å². The zero-order valence-electron chi connectivity index (χ0n) is 31.0. The predicted molar refractivity (Wildman–Crippen MR) is 205 cm³/mol. The number of para-hydroxylation sites is 1. The third-order valence-corrected chi connectivity index (χ3v) is 11.5. The number of hydrogen-bond donors (Lipinski definition) is 8. The number of benzene rings is 2. The van der Waals surface area contributed by atoms with E-state index < -0.39 is 76.6 Å². The van der Waals surface area contributed by atoms with Crippen molar-refractivity contribution in [1.29, 1.82) is 0 Å². The Kier molecular flexibility index (Phi) is 15.6. The highest BCUT2D eigenvalue weighted by atomic mass is 35.5. The van der Waals surface area contributed by atoms with E-state index in [1.807, 2.05) is 44.2 Å². The molecule has 1 fully saturated rings. The SMILES string of the molecule is CC(C)N(C(=O)N[C@@H](CO)[C@@H](O)[C@H](O)[C@H](O)CO)C(Cl)C(CCNS(=O)(=O)c1ccccc1)CNC(C)(C)c1cnccc1-c1ccccc1OC1CC1. The zero-order chi connectivity index (χ0) is 39.6. The van der Waals surface area contributed by atoms with Gasteiger partial charge in [-0.1, -0.05) is 48.0 Å². The van der Waals surface area contributed by atoms with Gasteiger partial charge in [0.2, 0.25) is 10.0 Å². The van der Waals surface area contributed by atoms with Crippen LogP contribution in [0.25, 0.3) is 11.1 Å². The minimum absolute atomic E-state index is 0.0198. The molecule has 1 aromatic heterocycles. The highest BCUT2D eigenvalue weighted by molar-refractivity contribution is 7.89. The van der Waals surface area contributed by atoms with Gasteiger partial charge in [0, 0.05) is 48.5 Å². The number of alkyl halides is 1. The van der Waals surface area contributed by atoms with Gasteiger partial charge in [0.05, 0.1) is 30.3 Å². The fourth-order valence-corrected chi connectivity index (χ4v) is 7.67. The Hall–Kier alpha value is -3.38. The summed E-state index contributed by atoms with van der Waals surface area (Å²) < 4.78 is 35.1. The second-order valence-corrected chi connectivity index (χ2v) is 16.6. The van der Waals surface area contributed by atoms with Crippen LogP contribution in [0.3, 0.4) is 0 Å². The summed E-state index contributed by atoms with van der Waals surface area (Å²) in [6.45, 7) is 5.95. The van der Waals surface area contributed by atoms with Crippen LogP contribution >= 0.6 is 11.6 Å². The number of nitrogens with zero attached hydrogens (tertiary/aromatic N) is 2. The quantitative estimate of drug-likeness (QED) is 0.0580. The minimum atomic E-state index is -3.86. The van der Waals surface area contributed by atoms with Gasteiger partial charge < -0.3 is 45.8 Å². The number of nitrogens with one attached hydrogen (secondary N) is 3. The third kappa shape index (κ3) is 11.3. The molecule has 0 spiro atoms. The average molecular weight is 792 g/mol. The van der Waals surface area contributed by atoms with Crippen LogP contribution in [-0.2, 0) is 15.6 Å². The van der Waals surface area contributed by atoms with Gasteiger partial charge in [-0.05, 0) is 82.3 Å². The van der Waals surface area contributed by atoms with Gasteiger partial charge in [0.1, 0.15) is 29.6 Å². The summed E-state index contributed by atoms with van der Waals surface area (Å²) in [5.74, 6) is 0.193. The van der Waals surface area contributed by atoms with Gasteiger partial charge in [-0.15, -0.1) is 0 Å². The van der Waals surface area contributed by atoms with Crippen LogP contribution in [0.5, 0.6) is 5.75 Å². The van der Waals surface area contributed by atoms with E-state index in [1.54, 1.807) is 44.4 Å². The molecular formula is C38H54ClN5O9S. The lowest BCUT2D eigenvalue weighted by atomic mass is 9.87. The molecule has 2 amide bonds. The van der Waals surface area contributed by atoms with E-state index in [9.17, 15) is 38.7 Å². The molecule has 0 saturated heterocycles. The Morgan fingerprint density at radius 1 is 0.981 bits per heavy atom. The Morgan fingerprint density at radius 3 is 2.28 bits per heavy atom. The molecule has 0 radical (unpaired) electrons. The molecule has 0 bridgehead atoms. The standard InChI is InChI=1S/C38H54ClN5O9S/c1-24(2)44(37(50)43-31(22-45)34(48)35(49)32(47)23-46)36(39)25(16-19-42-54(51,52)27-10-6-5-7-11-27)20-41-38(3,4)30-21-40-18-17-28(30)29-12-8-9-13-33(29)53-26-14-15-26/h5-13,17-18,21,24-26,31-32,34-36,41-42,45-49H,14-16,19-20,22-23H2,1-4H3,(H,43,50)/t25?,31-,32+,34+,35+,36?/m0/s1. The molecule has 6 atom stereocenters. The second kappa shape index (κ2) is 19.5. The van der Waals surface area contributed by atoms with E-state index in [-0.39, 0.29) is 30.5 Å². The maximum Gasteiger partial charge on any atom is 0.319 e. The average Bonchev–Trinajstić information content (AvgIpc) is 3.98. The number of pyridine rings is 1. The van der Waals surface area contributed by atoms with Gasteiger partial charge in [-0.3, -0.25) is 4.98 Å². The van der Waals surface area contributed by atoms with Crippen LogP contribution in [0.4, 0.5) is 4.79 Å². The number of sulfonamides is 1. The van der Waals surface area contributed by atoms with Crippen molar-refractivity contribution in [2.24, 2.45) is 5.92 Å². The molecule has 54 heavy (non-hydrogen) atoms. The van der Waals surface area contributed by atoms with Crippen molar-refractivity contribution in [3.63, 3.8) is 0 Å². The first-order chi connectivity index (χ1) is 25.6. The molecule has 1 aliphatic carbocycles. The number of aliphatic hydroxyl groups is 5. The van der Waals surface area contributed by atoms with E-state index in [0.29, 0.717) is 0 Å². The van der Waals surface area contributed by atoms with Gasteiger partial charge in [-0.25, -0.2) is 17.9 Å². The highest BCUT2D eigenvalue weighted by Crippen LogP contribution is 2.39. The van der Waals surface area contributed by atoms with Gasteiger partial charge >= 0.3 is 6.03 Å². The number of aliphatic hydroxyl groups excluding tert-OH is 5. The van der Waals surface area contributed by atoms with Crippen molar-refractivity contribution < 1.29 is 43.5 Å². The smallest absolute Gasteiger partial charge is 0.319 e. The molecule has 1 saturated carbocycles. The lowest BCUT2D eigenvalue weighted by Crippen LogP contribution is -2.59. The first kappa shape index (κ1) is 43.3. The van der Waals surface area contributed by atoms with E-state index in [1.165, 1.54) is 17.0 Å². The van der Waals surface area contributed by atoms with Crippen LogP contribution < -0.4 is 20.1 Å². The van der Waals surface area contributed by atoms with Gasteiger partial charge in [-0.2, -0.15) is 0 Å². The summed E-state index contributed by atoms with van der Waals surface area (Å²) in [6.07, 6.45) is 0.486. The number of halogens is 1. The second-order valence-electron chi connectivity index (χ2n) is 14.3. The molecular weight excluding hydrogens is 738 g/mol. The Morgan fingerprint density at radius 2 is 1.65 bits per heavy atom. The van der Waals surface area contributed by atoms with E-state index in [4.69, 9.17) is 16.3 Å². The molecule has 2 unspecified atom stereocenters. The Labute approximate surface area is 322 Å². The molecule has 2 aromatic carbocycles. The molecule has 1 heterocycles. The number of ether oxygens (including phenoxy) is 1. The van der Waals surface area contributed by atoms with E-state index >= 15 is 0 Å². The molecule has 298 valence electrons. The topological polar surface area (TPSA) is 214 Å². The van der Waals surface area contributed by atoms with Crippen LogP contribution in [0.1, 0.15) is 52.5 Å². The fourth-order valence-electron chi connectivity index (χ4n) is 6.07. The zero-order valence-corrected chi connectivity index (χ0v) is 32.6. The van der Waals surface area contributed by atoms with Crippen molar-refractivity contribution in [2.75, 3.05) is 26.3 Å². The van der Waals surface area contributed by atoms with Crippen molar-refractivity contribution in [3.8, 4) is 16.9 Å². The number of amides is 2. The Balaban J connectivity index is 1.60. The first-order valence-electron chi connectivity index (χ1n) is 18.1. The van der Waals surface area contributed by atoms with Crippen LogP contribution in [-0.4, -0.2) is 118 Å². The number of carbonyl (C=O) groups excluding carboxylic acids is 1. The number of carbonyl (C=O) groups is 1. The number of rotatable bonds is 21. The monoisotopic (exact) mass is 791 g/mol. The molecule has 3 aromatic rings. The van der Waals surface area contributed by atoms with Crippen molar-refractivity contribution in [1.82, 2.24) is 25.2 Å². The first-order valence-corrected chi connectivity index (χ1v) is 20.0. The van der Waals surface area contributed by atoms with Crippen LogP contribution in [0, 0.1) is 5.92 Å². The summed E-state index contributed by atoms with van der Waals surface area (Å²) >= 11 is 7.16. The van der Waals surface area contributed by atoms with Crippen LogP contribution in [0.15, 0.2) is 78.0 Å². The van der Waals surface area contributed by atoms with Crippen LogP contribution in [0.2, 0.25) is 0 Å². The lowest BCUT2D eigenvalue weighted by Gasteiger charge is -2.39. The normalized spacial score (nSPS) is 16.9. The Bertz CT molecular complexity index is 1750. The summed E-state index contributed by atoms with van der Waals surface area (Å²) in [6, 6.07) is 15.0. The third-order valence-electron chi connectivity index (χ3n) is 9.45. The molecule has 1 aliphatic rings. The molecule has 8 N–H and O–H groups in total. The summed E-state index contributed by atoms with van der Waals surface area (Å²) in [7, 11) is -3.86. The maximum absolute atomic E-state index is 13.8. The fraction of sp³-hybridized carbons (Fsp3) is 0.526. The van der Waals surface area contributed by atoms with Gasteiger partial charge in [0.25, 0.3) is 0 Å². The number of hydrogen-bond acceptors (Lipinski definition) is 11. The summed E-state index contributed by atoms with van der Waals surface area (Å²) in [4.78, 5) is 19.6. The maximum atomic E-state index is 13.8. The van der Waals surface area contributed by atoms with Crippen molar-refractivity contribution in [2.45, 2.75) is 99.4 Å². The molecule has 4 rings (SSSR count). The molecule has 16 heteroatoms. The largest absolute Gasteiger partial charge is 0.490 e. The summed E-state index contributed by atoms with van der Waals surface area (Å²) in [5.41, 5.74) is 0.917. The molecule has 0 aliphatic heterocycles.